The number of benzene rings is 2. The van der Waals surface area contributed by atoms with Crippen LogP contribution < -0.4 is 5.32 Å². The van der Waals surface area contributed by atoms with Gasteiger partial charge >= 0.3 is 5.97 Å². The summed E-state index contributed by atoms with van der Waals surface area (Å²) in [6.07, 6.45) is 0. The van der Waals surface area contributed by atoms with Crippen LogP contribution in [0, 0.1) is 5.82 Å². The molecule has 0 unspecified atom stereocenters. The average Bonchev–Trinajstić information content (AvgIpc) is 3.09. The van der Waals surface area contributed by atoms with E-state index in [9.17, 15) is 14.0 Å². The molecule has 0 saturated carbocycles. The fourth-order valence-electron chi connectivity index (χ4n) is 2.04. The number of aromatic nitrogens is 1. The Hall–Kier alpha value is -2.77. The van der Waals surface area contributed by atoms with Gasteiger partial charge in [-0.2, -0.15) is 0 Å². The first-order chi connectivity index (χ1) is 12.5. The Kier molecular flexibility index (Phi) is 5.60. The second-order valence-electron chi connectivity index (χ2n) is 5.18. The molecular formula is C18H12ClFN2O3S. The zero-order chi connectivity index (χ0) is 18.5. The number of hydrogen-bond acceptors (Lipinski definition) is 5. The topological polar surface area (TPSA) is 68.3 Å². The standard InChI is InChI=1S/C18H12ClFN2O3S/c19-13-5-1-12(2-6-13)17(24)25-9-16(23)22-18-21-15(10-26-18)11-3-7-14(20)8-4-11/h1-8,10H,9H2,(H,21,22,23). The Bertz CT molecular complexity index is 926. The molecule has 1 aromatic heterocycles. The van der Waals surface area contributed by atoms with Gasteiger partial charge in [-0.3, -0.25) is 10.1 Å². The molecule has 0 bridgehead atoms. The van der Waals surface area contributed by atoms with Crippen LogP contribution in [0.15, 0.2) is 53.9 Å². The van der Waals surface area contributed by atoms with Crippen molar-refractivity contribution in [2.24, 2.45) is 0 Å². The average molecular weight is 391 g/mol. The molecule has 1 heterocycles. The Morgan fingerprint density at radius 3 is 2.50 bits per heavy atom. The van der Waals surface area contributed by atoms with Crippen molar-refractivity contribution in [3.05, 3.63) is 70.3 Å². The molecule has 5 nitrogen and oxygen atoms in total. The van der Waals surface area contributed by atoms with E-state index in [0.29, 0.717) is 21.4 Å². The summed E-state index contributed by atoms with van der Waals surface area (Å²) in [5.41, 5.74) is 1.65. The van der Waals surface area contributed by atoms with Crippen LogP contribution in [0.4, 0.5) is 9.52 Å². The largest absolute Gasteiger partial charge is 0.452 e. The highest BCUT2D eigenvalue weighted by molar-refractivity contribution is 7.14. The molecule has 26 heavy (non-hydrogen) atoms. The van der Waals surface area contributed by atoms with Crippen molar-refractivity contribution in [1.82, 2.24) is 4.98 Å². The lowest BCUT2D eigenvalue weighted by atomic mass is 10.2. The van der Waals surface area contributed by atoms with Crippen LogP contribution in [-0.2, 0) is 9.53 Å². The number of hydrogen-bond donors (Lipinski definition) is 1. The van der Waals surface area contributed by atoms with E-state index in [1.165, 1.54) is 35.6 Å². The zero-order valence-corrected chi connectivity index (χ0v) is 14.8. The Balaban J connectivity index is 1.54. The summed E-state index contributed by atoms with van der Waals surface area (Å²) >= 11 is 6.96. The van der Waals surface area contributed by atoms with Crippen molar-refractivity contribution in [3.63, 3.8) is 0 Å². The molecule has 0 aliphatic carbocycles. The third kappa shape index (κ3) is 4.65. The summed E-state index contributed by atoms with van der Waals surface area (Å²) in [6, 6.07) is 12.0. The van der Waals surface area contributed by atoms with Crippen molar-refractivity contribution in [3.8, 4) is 11.3 Å². The van der Waals surface area contributed by atoms with Gasteiger partial charge in [0.15, 0.2) is 11.7 Å². The Labute approximate surface area is 157 Å². The second-order valence-corrected chi connectivity index (χ2v) is 6.47. The third-order valence-corrected chi connectivity index (χ3v) is 4.31. The van der Waals surface area contributed by atoms with Crippen LogP contribution in [-0.4, -0.2) is 23.5 Å². The number of carbonyl (C=O) groups excluding carboxylic acids is 2. The third-order valence-electron chi connectivity index (χ3n) is 3.30. The van der Waals surface area contributed by atoms with E-state index in [1.54, 1.807) is 29.6 Å². The number of amides is 1. The molecule has 1 N–H and O–H groups in total. The second kappa shape index (κ2) is 8.07. The molecule has 8 heteroatoms. The minimum Gasteiger partial charge on any atom is -0.452 e. The maximum Gasteiger partial charge on any atom is 0.338 e. The molecule has 3 rings (SSSR count). The summed E-state index contributed by atoms with van der Waals surface area (Å²) in [4.78, 5) is 28.0. The number of halogens is 2. The lowest BCUT2D eigenvalue weighted by molar-refractivity contribution is -0.119. The lowest BCUT2D eigenvalue weighted by Gasteiger charge is -2.04. The van der Waals surface area contributed by atoms with Crippen LogP contribution in [0.25, 0.3) is 11.3 Å². The van der Waals surface area contributed by atoms with Crippen LogP contribution in [0.2, 0.25) is 5.02 Å². The van der Waals surface area contributed by atoms with Crippen molar-refractivity contribution in [1.29, 1.82) is 0 Å². The Morgan fingerprint density at radius 2 is 1.81 bits per heavy atom. The van der Waals surface area contributed by atoms with Gasteiger partial charge in [-0.1, -0.05) is 11.6 Å². The normalized spacial score (nSPS) is 10.4. The van der Waals surface area contributed by atoms with E-state index >= 15 is 0 Å². The van der Waals surface area contributed by atoms with E-state index in [2.05, 4.69) is 10.3 Å². The fourth-order valence-corrected chi connectivity index (χ4v) is 2.90. The molecule has 0 aliphatic rings. The minimum absolute atomic E-state index is 0.301. The molecule has 0 saturated heterocycles. The maximum atomic E-state index is 12.9. The predicted octanol–water partition coefficient (Wildman–Crippen LogP) is 4.40. The van der Waals surface area contributed by atoms with Gasteiger partial charge in [-0.15, -0.1) is 11.3 Å². The molecule has 2 aromatic carbocycles. The summed E-state index contributed by atoms with van der Waals surface area (Å²) in [5, 5.41) is 5.15. The number of nitrogens with one attached hydrogen (secondary N) is 1. The number of thiazole rings is 1. The van der Waals surface area contributed by atoms with E-state index in [-0.39, 0.29) is 5.82 Å². The molecule has 0 atom stereocenters. The van der Waals surface area contributed by atoms with E-state index < -0.39 is 18.5 Å². The fraction of sp³-hybridized carbons (Fsp3) is 0.0556. The van der Waals surface area contributed by atoms with Gasteiger partial charge in [0.2, 0.25) is 0 Å². The molecule has 1 amide bonds. The molecule has 3 aromatic rings. The molecule has 0 aliphatic heterocycles. The summed E-state index contributed by atoms with van der Waals surface area (Å²) in [5.74, 6) is -1.46. The van der Waals surface area contributed by atoms with Crippen LogP contribution in [0.1, 0.15) is 10.4 Å². The monoisotopic (exact) mass is 390 g/mol. The van der Waals surface area contributed by atoms with Crippen molar-refractivity contribution in [2.45, 2.75) is 0 Å². The number of ether oxygens (including phenoxy) is 1. The van der Waals surface area contributed by atoms with E-state index in [0.717, 1.165) is 5.56 Å². The molecule has 132 valence electrons. The quantitative estimate of drug-likeness (QED) is 0.656. The van der Waals surface area contributed by atoms with Gasteiger partial charge in [0, 0.05) is 16.0 Å². The van der Waals surface area contributed by atoms with Gasteiger partial charge in [0.1, 0.15) is 5.82 Å². The van der Waals surface area contributed by atoms with Crippen molar-refractivity contribution < 1.29 is 18.7 Å². The van der Waals surface area contributed by atoms with Gasteiger partial charge < -0.3 is 4.74 Å². The number of nitrogens with zero attached hydrogens (tertiary/aromatic N) is 1. The first-order valence-corrected chi connectivity index (χ1v) is 8.71. The van der Waals surface area contributed by atoms with E-state index in [1.807, 2.05) is 0 Å². The smallest absolute Gasteiger partial charge is 0.338 e. The summed E-state index contributed by atoms with van der Waals surface area (Å²) < 4.78 is 17.9. The van der Waals surface area contributed by atoms with Crippen LogP contribution in [0.5, 0.6) is 0 Å². The SMILES string of the molecule is O=C(COC(=O)c1ccc(Cl)cc1)Nc1nc(-c2ccc(F)cc2)cs1. The number of anilines is 1. The first kappa shape index (κ1) is 18.0. The highest BCUT2D eigenvalue weighted by Crippen LogP contribution is 2.25. The highest BCUT2D eigenvalue weighted by Gasteiger charge is 2.12. The zero-order valence-electron chi connectivity index (χ0n) is 13.2. The van der Waals surface area contributed by atoms with Gasteiger partial charge in [0.05, 0.1) is 11.3 Å². The maximum absolute atomic E-state index is 12.9. The summed E-state index contributed by atoms with van der Waals surface area (Å²) in [6.45, 7) is -0.438. The van der Waals surface area contributed by atoms with E-state index in [4.69, 9.17) is 16.3 Å². The Morgan fingerprint density at radius 1 is 1.12 bits per heavy atom. The van der Waals surface area contributed by atoms with Crippen LogP contribution in [0.3, 0.4) is 0 Å². The highest BCUT2D eigenvalue weighted by atomic mass is 35.5. The minimum atomic E-state index is -0.622. The molecule has 0 radical (unpaired) electrons. The van der Waals surface area contributed by atoms with Gasteiger partial charge in [0.25, 0.3) is 5.91 Å². The lowest BCUT2D eigenvalue weighted by Crippen LogP contribution is -2.20. The summed E-state index contributed by atoms with van der Waals surface area (Å²) in [7, 11) is 0. The van der Waals surface area contributed by atoms with Gasteiger partial charge in [-0.05, 0) is 48.5 Å². The predicted molar refractivity (Wildman–Crippen MR) is 97.9 cm³/mol. The molecule has 0 fully saturated rings. The number of rotatable bonds is 5. The number of carbonyl (C=O) groups is 2. The van der Waals surface area contributed by atoms with Crippen LogP contribution >= 0.6 is 22.9 Å². The first-order valence-electron chi connectivity index (χ1n) is 7.45. The van der Waals surface area contributed by atoms with Gasteiger partial charge in [-0.25, -0.2) is 14.2 Å². The van der Waals surface area contributed by atoms with Crippen molar-refractivity contribution in [2.75, 3.05) is 11.9 Å². The molecular weight excluding hydrogens is 379 g/mol. The number of esters is 1. The van der Waals surface area contributed by atoms with Crippen molar-refractivity contribution >= 4 is 39.9 Å². The molecule has 0 spiro atoms.